The van der Waals surface area contributed by atoms with E-state index in [4.69, 9.17) is 4.42 Å². The minimum Gasteiger partial charge on any atom is -0.386 e. The second-order valence-electron chi connectivity index (χ2n) is 7.70. The third kappa shape index (κ3) is 4.03. The molecule has 170 valence electrons. The number of aromatic amines is 1. The summed E-state index contributed by atoms with van der Waals surface area (Å²) in [6, 6.07) is 20.6. The molecule has 2 aromatic heterocycles. The molecular formula is C25H17F3N4O2. The maximum atomic E-state index is 13.8. The molecular weight excluding hydrogens is 445 g/mol. The highest BCUT2D eigenvalue weighted by Gasteiger charge is 2.35. The molecule has 0 atom stereocenters. The summed E-state index contributed by atoms with van der Waals surface area (Å²) in [7, 11) is 0. The molecule has 1 N–H and O–H groups in total. The Morgan fingerprint density at radius 1 is 0.941 bits per heavy atom. The molecule has 2 heterocycles. The van der Waals surface area contributed by atoms with Crippen LogP contribution in [0.4, 0.5) is 13.2 Å². The second-order valence-corrected chi connectivity index (χ2v) is 7.70. The number of imidazole rings is 1. The highest BCUT2D eigenvalue weighted by molar-refractivity contribution is 5.69. The van der Waals surface area contributed by atoms with Gasteiger partial charge in [0.1, 0.15) is 11.5 Å². The van der Waals surface area contributed by atoms with Crippen LogP contribution in [0.25, 0.3) is 39.8 Å². The van der Waals surface area contributed by atoms with Crippen molar-refractivity contribution in [2.24, 2.45) is 0 Å². The first-order valence-corrected chi connectivity index (χ1v) is 10.3. The number of nitrogens with one attached hydrogen (secondary N) is 1. The van der Waals surface area contributed by atoms with Gasteiger partial charge in [0.15, 0.2) is 0 Å². The molecule has 5 aromatic rings. The van der Waals surface area contributed by atoms with E-state index < -0.39 is 17.5 Å². The third-order valence-electron chi connectivity index (χ3n) is 5.33. The van der Waals surface area contributed by atoms with Crippen LogP contribution in [0.2, 0.25) is 0 Å². The molecule has 0 aliphatic heterocycles. The zero-order valence-corrected chi connectivity index (χ0v) is 17.8. The number of hydrogen-bond donors (Lipinski definition) is 1. The molecule has 3 aromatic carbocycles. The average Bonchev–Trinajstić information content (AvgIpc) is 3.45. The summed E-state index contributed by atoms with van der Waals surface area (Å²) < 4.78 is 47.8. The molecule has 6 nitrogen and oxygen atoms in total. The van der Waals surface area contributed by atoms with E-state index in [0.717, 1.165) is 22.8 Å². The van der Waals surface area contributed by atoms with Crippen molar-refractivity contribution >= 4 is 0 Å². The molecule has 9 heteroatoms. The van der Waals surface area contributed by atoms with Crippen LogP contribution in [0.1, 0.15) is 11.1 Å². The van der Waals surface area contributed by atoms with Crippen LogP contribution in [0.3, 0.4) is 0 Å². The Labute approximate surface area is 191 Å². The van der Waals surface area contributed by atoms with Crippen molar-refractivity contribution < 1.29 is 17.6 Å². The molecule has 0 unspecified atom stereocenters. The standard InChI is InChI=1S/C25H17F3N4O2/c1-15-5-4-6-17(13-15)16-9-11-18(12-10-16)32-14-21(23-30-31-24(33)34-23)29-22(32)19-7-2-3-8-20(19)25(26,27)28/h2-14H,1H3,(H,31,33). The first kappa shape index (κ1) is 21.4. The maximum absolute atomic E-state index is 13.8. The molecule has 0 fully saturated rings. The van der Waals surface area contributed by atoms with Crippen molar-refractivity contribution in [1.82, 2.24) is 19.7 Å². The van der Waals surface area contributed by atoms with Gasteiger partial charge in [0, 0.05) is 17.4 Å². The van der Waals surface area contributed by atoms with Crippen molar-refractivity contribution in [3.63, 3.8) is 0 Å². The lowest BCUT2D eigenvalue weighted by Crippen LogP contribution is -2.08. The number of H-pyrrole nitrogens is 1. The van der Waals surface area contributed by atoms with Gasteiger partial charge in [-0.25, -0.2) is 14.9 Å². The number of hydrogen-bond acceptors (Lipinski definition) is 4. The third-order valence-corrected chi connectivity index (χ3v) is 5.33. The lowest BCUT2D eigenvalue weighted by Gasteiger charge is -2.14. The van der Waals surface area contributed by atoms with E-state index in [1.165, 1.54) is 29.0 Å². The SMILES string of the molecule is Cc1cccc(-c2ccc(-n3cc(-c4n[nH]c(=O)o4)nc3-c3ccccc3C(F)(F)F)cc2)c1. The number of benzene rings is 3. The number of aromatic nitrogens is 4. The van der Waals surface area contributed by atoms with Crippen LogP contribution >= 0.6 is 0 Å². The van der Waals surface area contributed by atoms with E-state index in [2.05, 4.69) is 21.2 Å². The Balaban J connectivity index is 1.67. The topological polar surface area (TPSA) is 76.7 Å². The van der Waals surface area contributed by atoms with Gasteiger partial charge < -0.3 is 4.42 Å². The highest BCUT2D eigenvalue weighted by atomic mass is 19.4. The van der Waals surface area contributed by atoms with Gasteiger partial charge >= 0.3 is 11.9 Å². The van der Waals surface area contributed by atoms with Crippen molar-refractivity contribution in [2.75, 3.05) is 0 Å². The first-order chi connectivity index (χ1) is 16.3. The maximum Gasteiger partial charge on any atom is 0.434 e. The van der Waals surface area contributed by atoms with Crippen LogP contribution in [0.15, 0.2) is 88.2 Å². The quantitative estimate of drug-likeness (QED) is 0.362. The monoisotopic (exact) mass is 462 g/mol. The van der Waals surface area contributed by atoms with E-state index >= 15 is 0 Å². The fraction of sp³-hybridized carbons (Fsp3) is 0.0800. The number of alkyl halides is 3. The van der Waals surface area contributed by atoms with Crippen LogP contribution in [-0.2, 0) is 6.18 Å². The number of rotatable bonds is 4. The van der Waals surface area contributed by atoms with Crippen molar-refractivity contribution in [3.05, 3.63) is 101 Å². The van der Waals surface area contributed by atoms with E-state index in [1.807, 2.05) is 37.3 Å². The van der Waals surface area contributed by atoms with Gasteiger partial charge in [-0.3, -0.25) is 4.57 Å². The molecule has 0 radical (unpaired) electrons. The summed E-state index contributed by atoms with van der Waals surface area (Å²) in [5.74, 6) is -0.868. The van der Waals surface area contributed by atoms with Gasteiger partial charge in [-0.2, -0.15) is 13.2 Å². The number of nitrogens with zero attached hydrogens (tertiary/aromatic N) is 3. The summed E-state index contributed by atoms with van der Waals surface area (Å²) in [6.45, 7) is 2.00. The average molecular weight is 462 g/mol. The largest absolute Gasteiger partial charge is 0.434 e. The summed E-state index contributed by atoms with van der Waals surface area (Å²) in [6.07, 6.45) is -3.09. The zero-order valence-electron chi connectivity index (χ0n) is 17.8. The normalized spacial score (nSPS) is 11.6. The Hall–Kier alpha value is -4.40. The fourth-order valence-corrected chi connectivity index (χ4v) is 3.77. The minimum atomic E-state index is -4.58. The molecule has 0 saturated heterocycles. The predicted octanol–water partition coefficient (Wildman–Crippen LogP) is 5.88. The molecule has 34 heavy (non-hydrogen) atoms. The Morgan fingerprint density at radius 2 is 1.71 bits per heavy atom. The Bertz CT molecular complexity index is 1530. The Morgan fingerprint density at radius 3 is 2.38 bits per heavy atom. The van der Waals surface area contributed by atoms with Crippen molar-refractivity contribution in [3.8, 4) is 39.8 Å². The Kier molecular flexibility index (Phi) is 5.16. The summed E-state index contributed by atoms with van der Waals surface area (Å²) >= 11 is 0. The van der Waals surface area contributed by atoms with Crippen LogP contribution in [0, 0.1) is 6.92 Å². The number of aryl methyl sites for hydroxylation is 1. The summed E-state index contributed by atoms with van der Waals surface area (Å²) in [4.78, 5) is 15.8. The van der Waals surface area contributed by atoms with Gasteiger partial charge in [0.05, 0.1) is 5.56 Å². The van der Waals surface area contributed by atoms with Gasteiger partial charge in [-0.15, -0.1) is 5.10 Å². The van der Waals surface area contributed by atoms with E-state index in [9.17, 15) is 18.0 Å². The molecule has 0 aliphatic rings. The molecule has 0 bridgehead atoms. The van der Waals surface area contributed by atoms with Crippen LogP contribution in [-0.4, -0.2) is 19.7 Å². The zero-order chi connectivity index (χ0) is 23.9. The summed E-state index contributed by atoms with van der Waals surface area (Å²) in [5, 5.41) is 5.90. The number of halogens is 3. The molecule has 5 rings (SSSR count). The summed E-state index contributed by atoms with van der Waals surface area (Å²) in [5.41, 5.74) is 2.87. The van der Waals surface area contributed by atoms with Gasteiger partial charge in [-0.1, -0.05) is 60.2 Å². The van der Waals surface area contributed by atoms with Crippen molar-refractivity contribution in [2.45, 2.75) is 13.1 Å². The lowest BCUT2D eigenvalue weighted by atomic mass is 10.0. The smallest absolute Gasteiger partial charge is 0.386 e. The van der Waals surface area contributed by atoms with E-state index in [0.29, 0.717) is 5.69 Å². The minimum absolute atomic E-state index is 0.0388. The second kappa shape index (κ2) is 8.18. The van der Waals surface area contributed by atoms with E-state index in [-0.39, 0.29) is 23.0 Å². The van der Waals surface area contributed by atoms with Gasteiger partial charge in [0.2, 0.25) is 0 Å². The predicted molar refractivity (Wildman–Crippen MR) is 120 cm³/mol. The van der Waals surface area contributed by atoms with Gasteiger partial charge in [0.25, 0.3) is 5.89 Å². The van der Waals surface area contributed by atoms with Crippen molar-refractivity contribution in [1.29, 1.82) is 0 Å². The van der Waals surface area contributed by atoms with E-state index in [1.54, 1.807) is 12.1 Å². The lowest BCUT2D eigenvalue weighted by molar-refractivity contribution is -0.137. The van der Waals surface area contributed by atoms with Gasteiger partial charge in [-0.05, 0) is 36.2 Å². The highest BCUT2D eigenvalue weighted by Crippen LogP contribution is 2.38. The van der Waals surface area contributed by atoms with Crippen LogP contribution < -0.4 is 5.76 Å². The first-order valence-electron chi connectivity index (χ1n) is 10.3. The molecule has 0 aliphatic carbocycles. The fourth-order valence-electron chi connectivity index (χ4n) is 3.77. The van der Waals surface area contributed by atoms with Crippen LogP contribution in [0.5, 0.6) is 0 Å². The molecule has 0 saturated carbocycles. The molecule has 0 spiro atoms. The molecule has 0 amide bonds.